The minimum Gasteiger partial charge on any atom is -0.391 e. The third-order valence-electron chi connectivity index (χ3n) is 3.17. The van der Waals surface area contributed by atoms with Crippen molar-refractivity contribution in [2.75, 3.05) is 17.2 Å². The lowest BCUT2D eigenvalue weighted by Gasteiger charge is -2.34. The molecular formula is C11H17N3O. The lowest BCUT2D eigenvalue weighted by molar-refractivity contribution is 0.127. The number of nitrogens with two attached hydrogens (primary N) is 1. The van der Waals surface area contributed by atoms with Gasteiger partial charge >= 0.3 is 0 Å². The van der Waals surface area contributed by atoms with Gasteiger partial charge in [0, 0.05) is 6.54 Å². The number of nitrogen functional groups attached to an aromatic ring is 1. The van der Waals surface area contributed by atoms with Crippen LogP contribution in [-0.2, 0) is 0 Å². The van der Waals surface area contributed by atoms with Crippen molar-refractivity contribution < 1.29 is 5.11 Å². The fraction of sp³-hybridized carbons (Fsp3) is 0.545. The normalized spacial score (nSPS) is 24.5. The van der Waals surface area contributed by atoms with E-state index in [4.69, 9.17) is 5.73 Å². The first-order chi connectivity index (χ1) is 7.01. The van der Waals surface area contributed by atoms with Gasteiger partial charge < -0.3 is 15.7 Å². The van der Waals surface area contributed by atoms with E-state index in [9.17, 15) is 5.11 Å². The van der Waals surface area contributed by atoms with E-state index in [-0.39, 0.29) is 11.6 Å². The number of aliphatic hydroxyl groups excluding tert-OH is 1. The lowest BCUT2D eigenvalue weighted by Crippen LogP contribution is -2.45. The average molecular weight is 207 g/mol. The molecule has 15 heavy (non-hydrogen) atoms. The summed E-state index contributed by atoms with van der Waals surface area (Å²) in [6.07, 6.45) is 0.476. The van der Waals surface area contributed by atoms with Crippen LogP contribution in [0.4, 0.5) is 11.6 Å². The van der Waals surface area contributed by atoms with Crippen molar-refractivity contribution in [3.8, 4) is 0 Å². The van der Waals surface area contributed by atoms with Gasteiger partial charge in [0.1, 0.15) is 11.6 Å². The summed E-state index contributed by atoms with van der Waals surface area (Å²) in [6, 6.07) is 5.58. The molecule has 0 bridgehead atoms. The number of hydrogen-bond donors (Lipinski definition) is 2. The highest BCUT2D eigenvalue weighted by molar-refractivity contribution is 5.48. The maximum absolute atomic E-state index is 9.86. The molecular weight excluding hydrogens is 190 g/mol. The summed E-state index contributed by atoms with van der Waals surface area (Å²) in [5.41, 5.74) is 5.39. The van der Waals surface area contributed by atoms with Crippen LogP contribution in [0, 0.1) is 0 Å². The largest absolute Gasteiger partial charge is 0.391 e. The van der Waals surface area contributed by atoms with Gasteiger partial charge in [-0.1, -0.05) is 6.07 Å². The minimum absolute atomic E-state index is 0.263. The van der Waals surface area contributed by atoms with Crippen molar-refractivity contribution in [2.24, 2.45) is 0 Å². The minimum atomic E-state index is -0.305. The summed E-state index contributed by atoms with van der Waals surface area (Å²) in [4.78, 5) is 6.38. The molecule has 1 aromatic heterocycles. The van der Waals surface area contributed by atoms with Crippen LogP contribution >= 0.6 is 0 Å². The molecule has 3 N–H and O–H groups in total. The van der Waals surface area contributed by atoms with Crippen molar-refractivity contribution in [2.45, 2.75) is 31.9 Å². The average Bonchev–Trinajstić information content (AvgIpc) is 2.42. The van der Waals surface area contributed by atoms with Crippen LogP contribution in [0.25, 0.3) is 0 Å². The Morgan fingerprint density at radius 2 is 2.27 bits per heavy atom. The molecule has 82 valence electrons. The number of aromatic nitrogens is 1. The van der Waals surface area contributed by atoms with E-state index in [1.807, 2.05) is 26.0 Å². The summed E-state index contributed by atoms with van der Waals surface area (Å²) in [7, 11) is 0. The molecule has 2 rings (SSSR count). The zero-order valence-corrected chi connectivity index (χ0v) is 9.14. The molecule has 1 fully saturated rings. The number of nitrogens with zero attached hydrogens (tertiary/aromatic N) is 2. The van der Waals surface area contributed by atoms with E-state index in [0.717, 1.165) is 18.8 Å². The second-order valence-electron chi connectivity index (χ2n) is 4.53. The molecule has 0 aromatic carbocycles. The number of aliphatic hydroxyl groups is 1. The Morgan fingerprint density at radius 3 is 2.80 bits per heavy atom. The first kappa shape index (κ1) is 10.2. The Bertz CT molecular complexity index is 365. The molecule has 2 heterocycles. The molecule has 1 aliphatic rings. The van der Waals surface area contributed by atoms with Gasteiger partial charge in [0.2, 0.25) is 0 Å². The number of anilines is 2. The van der Waals surface area contributed by atoms with Gasteiger partial charge in [-0.25, -0.2) is 4.98 Å². The maximum atomic E-state index is 9.86. The standard InChI is InChI=1S/C11H17N3O/c1-11(2)8(15)6-7-14(11)10-5-3-4-9(12)13-10/h3-5,8,15H,6-7H2,1-2H3,(H2,12,13). The van der Waals surface area contributed by atoms with Gasteiger partial charge in [-0.2, -0.15) is 0 Å². The topological polar surface area (TPSA) is 62.4 Å². The fourth-order valence-corrected chi connectivity index (χ4v) is 2.07. The molecule has 0 radical (unpaired) electrons. The second kappa shape index (κ2) is 3.38. The molecule has 1 unspecified atom stereocenters. The molecule has 1 aromatic rings. The highest BCUT2D eigenvalue weighted by atomic mass is 16.3. The van der Waals surface area contributed by atoms with Crippen molar-refractivity contribution in [3.05, 3.63) is 18.2 Å². The van der Waals surface area contributed by atoms with Crippen LogP contribution in [0.3, 0.4) is 0 Å². The molecule has 1 aliphatic heterocycles. The van der Waals surface area contributed by atoms with Gasteiger partial charge in [-0.3, -0.25) is 0 Å². The molecule has 4 heteroatoms. The molecule has 4 nitrogen and oxygen atoms in total. The van der Waals surface area contributed by atoms with Crippen LogP contribution < -0.4 is 10.6 Å². The van der Waals surface area contributed by atoms with Gasteiger partial charge in [0.05, 0.1) is 11.6 Å². The SMILES string of the molecule is CC1(C)C(O)CCN1c1cccc(N)n1. The Balaban J connectivity index is 2.32. The Morgan fingerprint density at radius 1 is 1.53 bits per heavy atom. The van der Waals surface area contributed by atoms with E-state index in [0.29, 0.717) is 5.82 Å². The van der Waals surface area contributed by atoms with Crippen molar-refractivity contribution in [1.82, 2.24) is 4.98 Å². The maximum Gasteiger partial charge on any atom is 0.131 e. The van der Waals surface area contributed by atoms with Crippen molar-refractivity contribution >= 4 is 11.6 Å². The Labute approximate surface area is 89.7 Å². The fourth-order valence-electron chi connectivity index (χ4n) is 2.07. The third kappa shape index (κ3) is 1.65. The summed E-state index contributed by atoms with van der Waals surface area (Å²) < 4.78 is 0. The van der Waals surface area contributed by atoms with Crippen LogP contribution in [0.15, 0.2) is 18.2 Å². The summed E-state index contributed by atoms with van der Waals surface area (Å²) in [5.74, 6) is 1.36. The molecule has 0 amide bonds. The van der Waals surface area contributed by atoms with E-state index < -0.39 is 0 Å². The monoisotopic (exact) mass is 207 g/mol. The Hall–Kier alpha value is -1.29. The molecule has 1 atom stereocenters. The van der Waals surface area contributed by atoms with E-state index in [1.54, 1.807) is 6.07 Å². The van der Waals surface area contributed by atoms with E-state index in [1.165, 1.54) is 0 Å². The Kier molecular flexibility index (Phi) is 2.31. The quantitative estimate of drug-likeness (QED) is 0.721. The lowest BCUT2D eigenvalue weighted by atomic mass is 9.99. The third-order valence-corrected chi connectivity index (χ3v) is 3.17. The summed E-state index contributed by atoms with van der Waals surface area (Å²) in [6.45, 7) is 4.87. The molecule has 1 saturated heterocycles. The van der Waals surface area contributed by atoms with Crippen molar-refractivity contribution in [3.63, 3.8) is 0 Å². The molecule has 0 spiro atoms. The number of pyridine rings is 1. The van der Waals surface area contributed by atoms with E-state index in [2.05, 4.69) is 9.88 Å². The van der Waals surface area contributed by atoms with Gasteiger partial charge in [0.25, 0.3) is 0 Å². The second-order valence-corrected chi connectivity index (χ2v) is 4.53. The smallest absolute Gasteiger partial charge is 0.131 e. The van der Waals surface area contributed by atoms with E-state index >= 15 is 0 Å². The highest BCUT2D eigenvalue weighted by Crippen LogP contribution is 2.32. The van der Waals surface area contributed by atoms with Gasteiger partial charge in [0.15, 0.2) is 0 Å². The zero-order valence-electron chi connectivity index (χ0n) is 9.14. The van der Waals surface area contributed by atoms with Crippen LogP contribution in [-0.4, -0.2) is 28.3 Å². The van der Waals surface area contributed by atoms with Crippen LogP contribution in [0.1, 0.15) is 20.3 Å². The molecule has 0 saturated carbocycles. The summed E-state index contributed by atoms with van der Waals surface area (Å²) >= 11 is 0. The van der Waals surface area contributed by atoms with Gasteiger partial charge in [-0.05, 0) is 32.4 Å². The molecule has 0 aliphatic carbocycles. The predicted molar refractivity (Wildman–Crippen MR) is 60.7 cm³/mol. The number of rotatable bonds is 1. The predicted octanol–water partition coefficient (Wildman–Crippen LogP) is 1.01. The highest BCUT2D eigenvalue weighted by Gasteiger charge is 2.40. The van der Waals surface area contributed by atoms with Crippen LogP contribution in [0.2, 0.25) is 0 Å². The summed E-state index contributed by atoms with van der Waals surface area (Å²) in [5, 5.41) is 9.86. The van der Waals surface area contributed by atoms with Crippen LogP contribution in [0.5, 0.6) is 0 Å². The van der Waals surface area contributed by atoms with Crippen molar-refractivity contribution in [1.29, 1.82) is 0 Å². The van der Waals surface area contributed by atoms with Gasteiger partial charge in [-0.15, -0.1) is 0 Å². The first-order valence-electron chi connectivity index (χ1n) is 5.20. The zero-order chi connectivity index (χ0) is 11.1. The first-order valence-corrected chi connectivity index (χ1v) is 5.20. The number of hydrogen-bond acceptors (Lipinski definition) is 4.